The summed E-state index contributed by atoms with van der Waals surface area (Å²) in [6.45, 7) is 3.44. The van der Waals surface area contributed by atoms with Crippen molar-refractivity contribution >= 4 is 23.2 Å². The molecule has 0 bridgehead atoms. The summed E-state index contributed by atoms with van der Waals surface area (Å²) in [6.07, 6.45) is 3.41. The van der Waals surface area contributed by atoms with Gasteiger partial charge in [-0.2, -0.15) is 0 Å². The van der Waals surface area contributed by atoms with E-state index >= 15 is 0 Å². The summed E-state index contributed by atoms with van der Waals surface area (Å²) >= 11 is 5.96. The zero-order valence-electron chi connectivity index (χ0n) is 12.6. The fraction of sp³-hybridized carbons (Fsp3) is 0.294. The van der Waals surface area contributed by atoms with E-state index in [1.54, 1.807) is 12.3 Å². The van der Waals surface area contributed by atoms with Gasteiger partial charge in [-0.1, -0.05) is 30.7 Å². The van der Waals surface area contributed by atoms with Gasteiger partial charge >= 0.3 is 0 Å². The van der Waals surface area contributed by atoms with Crippen molar-refractivity contribution in [1.82, 2.24) is 10.3 Å². The molecule has 0 fully saturated rings. The smallest absolute Gasteiger partial charge is 0.269 e. The molecule has 1 aromatic heterocycles. The molecule has 1 heterocycles. The van der Waals surface area contributed by atoms with Crippen molar-refractivity contribution in [2.24, 2.45) is 0 Å². The zero-order valence-corrected chi connectivity index (χ0v) is 13.4. The Labute approximate surface area is 135 Å². The number of carbonyl (C=O) groups excluding carboxylic acids is 1. The number of aromatic nitrogens is 1. The van der Waals surface area contributed by atoms with Crippen LogP contribution in [0.25, 0.3) is 0 Å². The summed E-state index contributed by atoms with van der Waals surface area (Å²) < 4.78 is 0. The summed E-state index contributed by atoms with van der Waals surface area (Å²) in [6, 6.07) is 11.4. The number of nitrogens with zero attached hydrogens (tertiary/aromatic N) is 1. The van der Waals surface area contributed by atoms with Crippen LogP contribution in [0, 0.1) is 0 Å². The maximum atomic E-state index is 11.9. The Kier molecular flexibility index (Phi) is 6.22. The van der Waals surface area contributed by atoms with Gasteiger partial charge in [0.2, 0.25) is 0 Å². The molecule has 0 unspecified atom stereocenters. The van der Waals surface area contributed by atoms with E-state index in [-0.39, 0.29) is 5.91 Å². The molecule has 2 N–H and O–H groups in total. The lowest BCUT2D eigenvalue weighted by Gasteiger charge is -2.08. The third kappa shape index (κ3) is 5.04. The van der Waals surface area contributed by atoms with Crippen LogP contribution < -0.4 is 10.6 Å². The van der Waals surface area contributed by atoms with Crippen LogP contribution in [0.3, 0.4) is 0 Å². The lowest BCUT2D eigenvalue weighted by atomic mass is 10.1. The maximum Gasteiger partial charge on any atom is 0.269 e. The second-order valence-corrected chi connectivity index (χ2v) is 5.43. The largest absolute Gasteiger partial charge is 0.385 e. The second-order valence-electron chi connectivity index (χ2n) is 4.99. The van der Waals surface area contributed by atoms with Crippen LogP contribution in [0.1, 0.15) is 29.4 Å². The van der Waals surface area contributed by atoms with Crippen LogP contribution in [-0.4, -0.2) is 24.0 Å². The molecule has 0 saturated carbocycles. The Morgan fingerprint density at radius 3 is 2.86 bits per heavy atom. The minimum atomic E-state index is -0.139. The normalized spacial score (nSPS) is 10.3. The summed E-state index contributed by atoms with van der Waals surface area (Å²) in [7, 11) is 0. The molecule has 0 aliphatic heterocycles. The molecule has 22 heavy (non-hydrogen) atoms. The van der Waals surface area contributed by atoms with Crippen molar-refractivity contribution in [2.75, 3.05) is 18.4 Å². The Hall–Kier alpha value is -2.07. The van der Waals surface area contributed by atoms with E-state index in [0.29, 0.717) is 12.2 Å². The Bertz CT molecular complexity index is 631. The van der Waals surface area contributed by atoms with Crippen LogP contribution in [0.2, 0.25) is 5.02 Å². The molecule has 2 aromatic rings. The van der Waals surface area contributed by atoms with Gasteiger partial charge in [0.05, 0.1) is 0 Å². The standard InChI is InChI=1S/C17H20ClN3O/c1-2-8-21-17(22)16-12-15(7-10-20-16)19-9-6-13-4-3-5-14(18)11-13/h3-5,7,10-12H,2,6,8-9H2,1H3,(H,19,20)(H,21,22). The number of amides is 1. The fourth-order valence-corrected chi connectivity index (χ4v) is 2.25. The highest BCUT2D eigenvalue weighted by atomic mass is 35.5. The van der Waals surface area contributed by atoms with E-state index in [1.165, 1.54) is 5.56 Å². The van der Waals surface area contributed by atoms with Crippen molar-refractivity contribution in [1.29, 1.82) is 0 Å². The number of halogens is 1. The summed E-state index contributed by atoms with van der Waals surface area (Å²) in [5.41, 5.74) is 2.50. The van der Waals surface area contributed by atoms with Crippen LogP contribution in [0.15, 0.2) is 42.6 Å². The van der Waals surface area contributed by atoms with Gasteiger partial charge in [0, 0.05) is 30.0 Å². The Morgan fingerprint density at radius 2 is 2.09 bits per heavy atom. The number of carbonyl (C=O) groups is 1. The lowest BCUT2D eigenvalue weighted by Crippen LogP contribution is -2.25. The van der Waals surface area contributed by atoms with Crippen molar-refractivity contribution in [3.63, 3.8) is 0 Å². The number of pyridine rings is 1. The van der Waals surface area contributed by atoms with Gasteiger partial charge in [-0.25, -0.2) is 0 Å². The third-order valence-electron chi connectivity index (χ3n) is 3.16. The highest BCUT2D eigenvalue weighted by Crippen LogP contribution is 2.12. The zero-order chi connectivity index (χ0) is 15.8. The molecular weight excluding hydrogens is 298 g/mol. The molecule has 5 heteroatoms. The average molecular weight is 318 g/mol. The Balaban J connectivity index is 1.89. The number of anilines is 1. The predicted molar refractivity (Wildman–Crippen MR) is 90.5 cm³/mol. The highest BCUT2D eigenvalue weighted by molar-refractivity contribution is 6.30. The molecule has 2 rings (SSSR count). The predicted octanol–water partition coefficient (Wildman–Crippen LogP) is 3.53. The first-order chi connectivity index (χ1) is 10.7. The Morgan fingerprint density at radius 1 is 1.23 bits per heavy atom. The molecular formula is C17H20ClN3O. The van der Waals surface area contributed by atoms with Crippen LogP contribution in [-0.2, 0) is 6.42 Å². The number of benzene rings is 1. The molecule has 0 aliphatic rings. The van der Waals surface area contributed by atoms with E-state index in [2.05, 4.69) is 15.6 Å². The summed E-state index contributed by atoms with van der Waals surface area (Å²) in [5.74, 6) is -0.139. The van der Waals surface area contributed by atoms with Gasteiger partial charge in [-0.05, 0) is 42.7 Å². The van der Waals surface area contributed by atoms with Crippen molar-refractivity contribution in [3.05, 3.63) is 58.9 Å². The second kappa shape index (κ2) is 8.39. The minimum Gasteiger partial charge on any atom is -0.385 e. The van der Waals surface area contributed by atoms with Crippen LogP contribution >= 0.6 is 11.6 Å². The van der Waals surface area contributed by atoms with E-state index in [1.807, 2.05) is 37.3 Å². The van der Waals surface area contributed by atoms with E-state index in [4.69, 9.17) is 11.6 Å². The first-order valence-corrected chi connectivity index (χ1v) is 7.79. The van der Waals surface area contributed by atoms with Crippen molar-refractivity contribution < 1.29 is 4.79 Å². The van der Waals surface area contributed by atoms with Crippen molar-refractivity contribution in [2.45, 2.75) is 19.8 Å². The quantitative estimate of drug-likeness (QED) is 0.821. The van der Waals surface area contributed by atoms with Gasteiger partial charge in [-0.15, -0.1) is 0 Å². The number of nitrogens with one attached hydrogen (secondary N) is 2. The molecule has 4 nitrogen and oxygen atoms in total. The van der Waals surface area contributed by atoms with Crippen molar-refractivity contribution in [3.8, 4) is 0 Å². The SMILES string of the molecule is CCCNC(=O)c1cc(NCCc2cccc(Cl)c2)ccn1. The first-order valence-electron chi connectivity index (χ1n) is 7.41. The number of hydrogen-bond acceptors (Lipinski definition) is 3. The molecule has 0 spiro atoms. The summed E-state index contributed by atoms with van der Waals surface area (Å²) in [4.78, 5) is 16.0. The third-order valence-corrected chi connectivity index (χ3v) is 3.40. The van der Waals surface area contributed by atoms with Crippen LogP contribution in [0.4, 0.5) is 5.69 Å². The van der Waals surface area contributed by atoms with E-state index in [0.717, 1.165) is 30.1 Å². The number of rotatable bonds is 7. The average Bonchev–Trinajstić information content (AvgIpc) is 2.53. The molecule has 1 aromatic carbocycles. The van der Waals surface area contributed by atoms with E-state index < -0.39 is 0 Å². The van der Waals surface area contributed by atoms with Gasteiger partial charge in [0.25, 0.3) is 5.91 Å². The molecule has 0 atom stereocenters. The van der Waals surface area contributed by atoms with Gasteiger partial charge in [0.1, 0.15) is 5.69 Å². The number of hydrogen-bond donors (Lipinski definition) is 2. The molecule has 1 amide bonds. The van der Waals surface area contributed by atoms with Gasteiger partial charge in [-0.3, -0.25) is 9.78 Å². The minimum absolute atomic E-state index is 0.139. The van der Waals surface area contributed by atoms with Gasteiger partial charge < -0.3 is 10.6 Å². The summed E-state index contributed by atoms with van der Waals surface area (Å²) in [5, 5.41) is 6.87. The first kappa shape index (κ1) is 16.3. The van der Waals surface area contributed by atoms with Crippen LogP contribution in [0.5, 0.6) is 0 Å². The topological polar surface area (TPSA) is 54.0 Å². The van der Waals surface area contributed by atoms with Gasteiger partial charge in [0.15, 0.2) is 0 Å². The molecule has 0 radical (unpaired) electrons. The van der Waals surface area contributed by atoms with E-state index in [9.17, 15) is 4.79 Å². The molecule has 0 saturated heterocycles. The molecule has 0 aliphatic carbocycles. The molecule has 116 valence electrons. The highest BCUT2D eigenvalue weighted by Gasteiger charge is 2.06. The monoisotopic (exact) mass is 317 g/mol. The maximum absolute atomic E-state index is 11.9. The lowest BCUT2D eigenvalue weighted by molar-refractivity contribution is 0.0949. The fourth-order valence-electron chi connectivity index (χ4n) is 2.04.